The van der Waals surface area contributed by atoms with Gasteiger partial charge in [-0.3, -0.25) is 0 Å². The Morgan fingerprint density at radius 1 is 1.24 bits per heavy atom. The molecule has 120 valence electrons. The number of hydrogen-bond acceptors (Lipinski definition) is 5. The van der Waals surface area contributed by atoms with E-state index >= 15 is 0 Å². The molecule has 8 heteroatoms. The second kappa shape index (κ2) is 6.04. The maximum absolute atomic E-state index is 11.7. The molecule has 0 heterocycles. The van der Waals surface area contributed by atoms with E-state index in [4.69, 9.17) is 5.14 Å². The third-order valence-electron chi connectivity index (χ3n) is 3.52. The van der Waals surface area contributed by atoms with E-state index in [1.807, 2.05) is 6.92 Å². The molecule has 21 heavy (non-hydrogen) atoms. The highest BCUT2D eigenvalue weighted by Gasteiger charge is 2.30. The van der Waals surface area contributed by atoms with Crippen LogP contribution in [0.5, 0.6) is 0 Å². The molecule has 0 aliphatic rings. The molecule has 0 saturated heterocycles. The summed E-state index contributed by atoms with van der Waals surface area (Å²) < 4.78 is 45.1. The minimum Gasteiger partial charge on any atom is -0.309 e. The monoisotopic (exact) mass is 334 g/mol. The molecule has 0 aliphatic heterocycles. The molecule has 1 aromatic carbocycles. The van der Waals surface area contributed by atoms with Crippen LogP contribution in [-0.2, 0) is 19.9 Å². The van der Waals surface area contributed by atoms with Gasteiger partial charge < -0.3 is 5.32 Å². The molecule has 0 bridgehead atoms. The molecule has 1 aromatic rings. The molecule has 0 saturated carbocycles. The zero-order valence-electron chi connectivity index (χ0n) is 12.6. The Kier molecular flexibility index (Phi) is 5.20. The topological polar surface area (TPSA) is 106 Å². The fourth-order valence-electron chi connectivity index (χ4n) is 1.61. The lowest BCUT2D eigenvalue weighted by atomic mass is 10.1. The fourth-order valence-corrected chi connectivity index (χ4v) is 2.52. The summed E-state index contributed by atoms with van der Waals surface area (Å²) in [5, 5.41) is 8.21. The number of primary sulfonamides is 1. The van der Waals surface area contributed by atoms with Gasteiger partial charge in [-0.05, 0) is 38.5 Å². The molecule has 0 aliphatic carbocycles. The third-order valence-corrected chi connectivity index (χ3v) is 6.59. The van der Waals surface area contributed by atoms with Crippen molar-refractivity contribution in [1.82, 2.24) is 5.32 Å². The average molecular weight is 334 g/mol. The summed E-state index contributed by atoms with van der Waals surface area (Å²) in [6.45, 7) is 5.37. The molecular weight excluding hydrogens is 312 g/mol. The molecule has 6 nitrogen and oxygen atoms in total. The summed E-state index contributed by atoms with van der Waals surface area (Å²) in [6.07, 6.45) is 1.20. The lowest BCUT2D eigenvalue weighted by molar-refractivity contribution is 0.488. The van der Waals surface area contributed by atoms with E-state index in [0.717, 1.165) is 5.56 Å². The fraction of sp³-hybridized carbons (Fsp3) is 0.538. The number of benzene rings is 1. The van der Waals surface area contributed by atoms with Gasteiger partial charge in [-0.2, -0.15) is 0 Å². The summed E-state index contributed by atoms with van der Waals surface area (Å²) in [5.41, 5.74) is 0.728. The van der Waals surface area contributed by atoms with E-state index in [1.54, 1.807) is 26.0 Å². The van der Waals surface area contributed by atoms with Gasteiger partial charge in [0.25, 0.3) is 0 Å². The van der Waals surface area contributed by atoms with Crippen molar-refractivity contribution >= 4 is 19.9 Å². The minimum atomic E-state index is -3.75. The van der Waals surface area contributed by atoms with Gasteiger partial charge >= 0.3 is 0 Å². The van der Waals surface area contributed by atoms with E-state index in [2.05, 4.69) is 5.32 Å². The summed E-state index contributed by atoms with van der Waals surface area (Å²) in [7, 11) is -6.94. The largest absolute Gasteiger partial charge is 0.309 e. The normalized spacial score (nSPS) is 14.9. The van der Waals surface area contributed by atoms with Crippen LogP contribution >= 0.6 is 0 Å². The second-order valence-electron chi connectivity index (χ2n) is 5.75. The van der Waals surface area contributed by atoms with Crippen LogP contribution in [0.3, 0.4) is 0 Å². The van der Waals surface area contributed by atoms with Crippen LogP contribution in [0, 0.1) is 0 Å². The van der Waals surface area contributed by atoms with Crippen LogP contribution in [0.1, 0.15) is 32.4 Å². The molecule has 0 amide bonds. The Labute approximate surface area is 126 Å². The lowest BCUT2D eigenvalue weighted by Crippen LogP contribution is -2.42. The van der Waals surface area contributed by atoms with Gasteiger partial charge in [0.15, 0.2) is 9.84 Å². The predicted molar refractivity (Wildman–Crippen MR) is 83.2 cm³/mol. The zero-order valence-corrected chi connectivity index (χ0v) is 14.3. The Bertz CT molecular complexity index is 709. The number of sulfonamides is 1. The van der Waals surface area contributed by atoms with E-state index in [0.29, 0.717) is 0 Å². The number of rotatable bonds is 6. The van der Waals surface area contributed by atoms with Gasteiger partial charge in [0.05, 0.1) is 9.64 Å². The smallest absolute Gasteiger partial charge is 0.238 e. The molecule has 0 radical (unpaired) electrons. The van der Waals surface area contributed by atoms with Crippen LogP contribution in [0.15, 0.2) is 29.2 Å². The van der Waals surface area contributed by atoms with E-state index < -0.39 is 24.6 Å². The van der Waals surface area contributed by atoms with E-state index in [9.17, 15) is 16.8 Å². The van der Waals surface area contributed by atoms with Crippen molar-refractivity contribution in [3.63, 3.8) is 0 Å². The highest BCUT2D eigenvalue weighted by molar-refractivity contribution is 7.92. The van der Waals surface area contributed by atoms with Gasteiger partial charge in [0.2, 0.25) is 10.0 Å². The van der Waals surface area contributed by atoms with Crippen LogP contribution < -0.4 is 10.5 Å². The summed E-state index contributed by atoms with van der Waals surface area (Å²) in [5.74, 6) is 0. The average Bonchev–Trinajstić information content (AvgIpc) is 2.34. The number of sulfone groups is 1. The summed E-state index contributed by atoms with van der Waals surface area (Å²) in [4.78, 5) is 0.0380. The second-order valence-corrected chi connectivity index (χ2v) is 9.96. The predicted octanol–water partition coefficient (Wildman–Crippen LogP) is 0.808. The van der Waals surface area contributed by atoms with Crippen molar-refractivity contribution in [3.8, 4) is 0 Å². The van der Waals surface area contributed by atoms with Gasteiger partial charge in [0, 0.05) is 18.8 Å². The van der Waals surface area contributed by atoms with Crippen molar-refractivity contribution in [2.45, 2.75) is 36.5 Å². The third kappa shape index (κ3) is 4.77. The van der Waals surface area contributed by atoms with Crippen molar-refractivity contribution in [1.29, 1.82) is 0 Å². The van der Waals surface area contributed by atoms with Crippen molar-refractivity contribution in [2.75, 3.05) is 12.8 Å². The Balaban J connectivity index is 2.89. The Morgan fingerprint density at radius 2 is 1.81 bits per heavy atom. The number of hydrogen-bond donors (Lipinski definition) is 2. The van der Waals surface area contributed by atoms with Crippen LogP contribution in [0.4, 0.5) is 0 Å². The quantitative estimate of drug-likeness (QED) is 0.800. The first-order valence-corrected chi connectivity index (χ1v) is 9.84. The van der Waals surface area contributed by atoms with Crippen molar-refractivity contribution in [3.05, 3.63) is 29.8 Å². The molecule has 3 N–H and O–H groups in total. The number of nitrogens with one attached hydrogen (secondary N) is 1. The molecule has 1 unspecified atom stereocenters. The first-order chi connectivity index (χ1) is 9.34. The zero-order chi connectivity index (χ0) is 16.5. The highest BCUT2D eigenvalue weighted by atomic mass is 32.2. The molecular formula is C13H22N2O4S2. The molecule has 1 rings (SSSR count). The van der Waals surface area contributed by atoms with Crippen LogP contribution in [0.2, 0.25) is 0 Å². The first kappa shape index (κ1) is 18.1. The standard InChI is InChI=1S/C13H22N2O4S2/c1-10(15-9-13(2,3)20(4,16)17)11-6-5-7-12(8-11)21(14,18)19/h5-8,10,15H,9H2,1-4H3,(H2,14,18,19). The van der Waals surface area contributed by atoms with Crippen molar-refractivity contribution in [2.24, 2.45) is 5.14 Å². The van der Waals surface area contributed by atoms with E-state index in [-0.39, 0.29) is 17.5 Å². The molecule has 1 atom stereocenters. The Hall–Kier alpha value is -0.960. The van der Waals surface area contributed by atoms with Crippen molar-refractivity contribution < 1.29 is 16.8 Å². The van der Waals surface area contributed by atoms with Crippen LogP contribution in [-0.4, -0.2) is 34.4 Å². The molecule has 0 spiro atoms. The lowest BCUT2D eigenvalue weighted by Gasteiger charge is -2.25. The van der Waals surface area contributed by atoms with Gasteiger partial charge in [0.1, 0.15) is 0 Å². The van der Waals surface area contributed by atoms with Gasteiger partial charge in [-0.25, -0.2) is 22.0 Å². The maximum Gasteiger partial charge on any atom is 0.238 e. The summed E-state index contributed by atoms with van der Waals surface area (Å²) >= 11 is 0. The van der Waals surface area contributed by atoms with Crippen LogP contribution in [0.25, 0.3) is 0 Å². The van der Waals surface area contributed by atoms with Gasteiger partial charge in [-0.1, -0.05) is 12.1 Å². The number of nitrogens with two attached hydrogens (primary N) is 1. The first-order valence-electron chi connectivity index (χ1n) is 6.40. The van der Waals surface area contributed by atoms with Gasteiger partial charge in [-0.15, -0.1) is 0 Å². The summed E-state index contributed by atoms with van der Waals surface area (Å²) in [6, 6.07) is 6.08. The van der Waals surface area contributed by atoms with E-state index in [1.165, 1.54) is 18.4 Å². The minimum absolute atomic E-state index is 0.0380. The Morgan fingerprint density at radius 3 is 2.29 bits per heavy atom. The SMILES string of the molecule is CC(NCC(C)(C)S(C)(=O)=O)c1cccc(S(N)(=O)=O)c1. The molecule has 0 aromatic heterocycles. The molecule has 0 fully saturated rings. The maximum atomic E-state index is 11.7. The highest BCUT2D eigenvalue weighted by Crippen LogP contribution is 2.19.